The van der Waals surface area contributed by atoms with E-state index in [0.29, 0.717) is 17.1 Å². The topological polar surface area (TPSA) is 116 Å². The Morgan fingerprint density at radius 1 is 1.17 bits per heavy atom. The van der Waals surface area contributed by atoms with Crippen LogP contribution in [0, 0.1) is 51.1 Å². The molecule has 2 N–H and O–H groups in total. The summed E-state index contributed by atoms with van der Waals surface area (Å²) in [6.45, 7) is 0.0833. The highest BCUT2D eigenvalue weighted by Crippen LogP contribution is 2.56. The Morgan fingerprint density at radius 2 is 1.94 bits per heavy atom. The van der Waals surface area contributed by atoms with Crippen LogP contribution in [0.5, 0.6) is 11.5 Å². The molecule has 8 heteroatoms. The van der Waals surface area contributed by atoms with Crippen molar-refractivity contribution < 1.29 is 13.9 Å². The maximum absolute atomic E-state index is 13.5. The van der Waals surface area contributed by atoms with Gasteiger partial charge in [-0.15, -0.1) is 0 Å². The molecule has 6 nitrogen and oxygen atoms in total. The van der Waals surface area contributed by atoms with Gasteiger partial charge < -0.3 is 15.2 Å². The number of hydrogen-bond donors (Lipinski definition) is 1. The fourth-order valence-electron chi connectivity index (χ4n) is 5.08. The van der Waals surface area contributed by atoms with E-state index in [9.17, 15) is 20.2 Å². The summed E-state index contributed by atoms with van der Waals surface area (Å²) in [6, 6.07) is 15.9. The van der Waals surface area contributed by atoms with Crippen molar-refractivity contribution in [1.29, 1.82) is 15.8 Å². The van der Waals surface area contributed by atoms with E-state index in [1.165, 1.54) is 25.3 Å². The van der Waals surface area contributed by atoms with Gasteiger partial charge in [0, 0.05) is 17.5 Å². The zero-order valence-corrected chi connectivity index (χ0v) is 19.8. The molecule has 0 aliphatic heterocycles. The number of nitrogens with two attached hydrogens (primary N) is 1. The molecule has 176 valence electrons. The molecule has 0 saturated carbocycles. The lowest BCUT2D eigenvalue weighted by Gasteiger charge is -2.43. The Hall–Kier alpha value is -3.99. The Bertz CT molecular complexity index is 1350. The third-order valence-electron chi connectivity index (χ3n) is 6.75. The minimum Gasteiger partial charge on any atom is -0.496 e. The maximum atomic E-state index is 13.5. The normalized spacial score (nSPS) is 20.5. The van der Waals surface area contributed by atoms with Gasteiger partial charge in [-0.3, -0.25) is 0 Å². The van der Waals surface area contributed by atoms with Crippen LogP contribution in [0.25, 0.3) is 0 Å². The zero-order chi connectivity index (χ0) is 25.2. The molecule has 0 heterocycles. The van der Waals surface area contributed by atoms with Gasteiger partial charge in [0.1, 0.15) is 30.0 Å². The minimum absolute atomic E-state index is 0.00558. The average molecular weight is 489 g/mol. The number of rotatable bonds is 5. The highest BCUT2D eigenvalue weighted by atomic mass is 35.5. The van der Waals surface area contributed by atoms with Gasteiger partial charge in [-0.1, -0.05) is 23.7 Å². The van der Waals surface area contributed by atoms with Crippen LogP contribution in [0.3, 0.4) is 0 Å². The van der Waals surface area contributed by atoms with Gasteiger partial charge in [-0.05, 0) is 60.6 Å². The molecule has 0 bridgehead atoms. The second kappa shape index (κ2) is 9.71. The van der Waals surface area contributed by atoms with Crippen LogP contribution in [0.1, 0.15) is 36.3 Å². The third kappa shape index (κ3) is 4.08. The van der Waals surface area contributed by atoms with Crippen LogP contribution in [-0.4, -0.2) is 7.11 Å². The third-order valence-corrected chi connectivity index (χ3v) is 7.04. The van der Waals surface area contributed by atoms with Crippen molar-refractivity contribution in [3.63, 3.8) is 0 Å². The number of benzene rings is 2. The highest BCUT2D eigenvalue weighted by molar-refractivity contribution is 6.30. The van der Waals surface area contributed by atoms with E-state index in [4.69, 9.17) is 26.8 Å². The summed E-state index contributed by atoms with van der Waals surface area (Å²) in [7, 11) is 1.53. The smallest absolute Gasteiger partial charge is 0.191 e. The number of halogens is 2. The zero-order valence-electron chi connectivity index (χ0n) is 19.0. The molecule has 35 heavy (non-hydrogen) atoms. The summed E-state index contributed by atoms with van der Waals surface area (Å²) in [5.41, 5.74) is 7.09. The molecule has 0 aromatic heterocycles. The van der Waals surface area contributed by atoms with Crippen LogP contribution < -0.4 is 15.2 Å². The predicted molar refractivity (Wildman–Crippen MR) is 127 cm³/mol. The minimum atomic E-state index is -1.69. The van der Waals surface area contributed by atoms with Crippen LogP contribution in [-0.2, 0) is 6.61 Å². The highest BCUT2D eigenvalue weighted by Gasteiger charge is 2.53. The Balaban J connectivity index is 1.80. The molecule has 0 radical (unpaired) electrons. The summed E-state index contributed by atoms with van der Waals surface area (Å²) in [5, 5.41) is 30.2. The van der Waals surface area contributed by atoms with Gasteiger partial charge in [0.05, 0.1) is 35.5 Å². The number of nitriles is 3. The van der Waals surface area contributed by atoms with E-state index < -0.39 is 17.2 Å². The maximum Gasteiger partial charge on any atom is 0.191 e. The summed E-state index contributed by atoms with van der Waals surface area (Å²) in [5.74, 6) is -0.390. The first-order valence-electron chi connectivity index (χ1n) is 11.1. The second-order valence-corrected chi connectivity index (χ2v) is 8.95. The van der Waals surface area contributed by atoms with Crippen LogP contribution >= 0.6 is 11.6 Å². The quantitative estimate of drug-likeness (QED) is 0.580. The van der Waals surface area contributed by atoms with E-state index in [2.05, 4.69) is 18.2 Å². The number of methoxy groups -OCH3 is 1. The number of nitrogens with zero attached hydrogens (tertiary/aromatic N) is 3. The van der Waals surface area contributed by atoms with Crippen LogP contribution in [0.15, 0.2) is 59.3 Å². The molecular formula is C27H22ClFN4O2. The summed E-state index contributed by atoms with van der Waals surface area (Å²) in [6.07, 6.45) is 4.42. The molecular weight excluding hydrogens is 467 g/mol. The predicted octanol–water partition coefficient (Wildman–Crippen LogP) is 5.66. The summed E-state index contributed by atoms with van der Waals surface area (Å²) >= 11 is 5.86. The van der Waals surface area contributed by atoms with Gasteiger partial charge in [0.15, 0.2) is 5.41 Å². The molecule has 2 aromatic rings. The van der Waals surface area contributed by atoms with Crippen molar-refractivity contribution in [1.82, 2.24) is 0 Å². The first kappa shape index (κ1) is 24.1. The summed E-state index contributed by atoms with van der Waals surface area (Å²) < 4.78 is 24.8. The van der Waals surface area contributed by atoms with Gasteiger partial charge in [-0.2, -0.15) is 15.8 Å². The van der Waals surface area contributed by atoms with E-state index >= 15 is 0 Å². The number of fused-ring (bicyclic) bond motifs is 1. The fourth-order valence-corrected chi connectivity index (χ4v) is 5.25. The number of hydrogen-bond acceptors (Lipinski definition) is 6. The molecule has 0 fully saturated rings. The molecule has 2 atom stereocenters. The van der Waals surface area contributed by atoms with Crippen LogP contribution in [0.4, 0.5) is 4.39 Å². The molecule has 0 saturated heterocycles. The lowest BCUT2D eigenvalue weighted by Crippen LogP contribution is -2.42. The van der Waals surface area contributed by atoms with E-state index in [1.54, 1.807) is 6.07 Å². The van der Waals surface area contributed by atoms with Gasteiger partial charge in [0.25, 0.3) is 0 Å². The van der Waals surface area contributed by atoms with E-state index in [-0.39, 0.29) is 28.8 Å². The fraction of sp³-hybridized carbons (Fsp3) is 0.296. The molecule has 0 spiro atoms. The van der Waals surface area contributed by atoms with E-state index in [0.717, 1.165) is 30.4 Å². The van der Waals surface area contributed by atoms with Crippen LogP contribution in [0.2, 0.25) is 5.02 Å². The van der Waals surface area contributed by atoms with Crippen molar-refractivity contribution in [3.8, 4) is 29.7 Å². The Kier molecular flexibility index (Phi) is 6.70. The lowest BCUT2D eigenvalue weighted by atomic mass is 9.56. The largest absolute Gasteiger partial charge is 0.496 e. The molecule has 2 aliphatic carbocycles. The first-order valence-corrected chi connectivity index (χ1v) is 11.5. The van der Waals surface area contributed by atoms with Gasteiger partial charge in [0.2, 0.25) is 0 Å². The SMILES string of the molecule is COc1ccc(C2C3CCCC=C3C(C#N)=C(N)C2(C#N)C#N)cc1COc1ccc(F)c(Cl)c1. The second-order valence-electron chi connectivity index (χ2n) is 8.54. The monoisotopic (exact) mass is 488 g/mol. The van der Waals surface area contributed by atoms with E-state index in [1.807, 2.05) is 18.2 Å². The van der Waals surface area contributed by atoms with Gasteiger partial charge in [-0.25, -0.2) is 4.39 Å². The Morgan fingerprint density at radius 3 is 2.60 bits per heavy atom. The number of ether oxygens (including phenoxy) is 2. The van der Waals surface area contributed by atoms with Crippen molar-refractivity contribution >= 4 is 11.6 Å². The molecule has 0 amide bonds. The molecule has 2 aliphatic rings. The molecule has 4 rings (SSSR count). The molecule has 2 aromatic carbocycles. The van der Waals surface area contributed by atoms with Crippen molar-refractivity contribution in [2.45, 2.75) is 31.8 Å². The standard InChI is InChI=1S/C27H22ClFN4O2/c1-34-24-9-6-16(10-17(24)13-35-18-7-8-23(29)22(28)11-18)25-20-5-3-2-4-19(20)21(12-30)26(33)27(25,14-31)15-32/h4,6-11,20,25H,2-3,5,13,33H2,1H3. The average Bonchev–Trinajstić information content (AvgIpc) is 2.88. The van der Waals surface area contributed by atoms with Crippen molar-refractivity contribution in [3.05, 3.63) is 81.3 Å². The van der Waals surface area contributed by atoms with Gasteiger partial charge >= 0.3 is 0 Å². The lowest BCUT2D eigenvalue weighted by molar-refractivity contribution is 0.293. The molecule has 2 unspecified atom stereocenters. The van der Waals surface area contributed by atoms with Crippen molar-refractivity contribution in [2.75, 3.05) is 7.11 Å². The first-order chi connectivity index (χ1) is 16.9. The summed E-state index contributed by atoms with van der Waals surface area (Å²) in [4.78, 5) is 0. The van der Waals surface area contributed by atoms with Crippen molar-refractivity contribution in [2.24, 2.45) is 17.1 Å². The number of allylic oxidation sites excluding steroid dienone is 4. The Labute approximate surface area is 208 Å².